The van der Waals surface area contributed by atoms with E-state index in [0.717, 1.165) is 5.39 Å². The minimum atomic E-state index is -0.371. The van der Waals surface area contributed by atoms with Gasteiger partial charge < -0.3 is 9.47 Å². The molecule has 0 radical (unpaired) electrons. The summed E-state index contributed by atoms with van der Waals surface area (Å²) in [5, 5.41) is 0.738. The standard InChI is InChI=1S/C14H15NO3/c1-9(2)18-12-7-6-11(14(16)17-3)10-5-4-8-15-13(10)12/h4-9H,1-3H3. The van der Waals surface area contributed by atoms with Crippen molar-refractivity contribution < 1.29 is 14.3 Å². The van der Waals surface area contributed by atoms with Gasteiger partial charge in [0.05, 0.1) is 18.8 Å². The number of benzene rings is 1. The third-order valence-electron chi connectivity index (χ3n) is 2.50. The van der Waals surface area contributed by atoms with E-state index in [0.29, 0.717) is 16.8 Å². The number of fused-ring (bicyclic) bond motifs is 1. The lowest BCUT2D eigenvalue weighted by Gasteiger charge is -2.13. The zero-order valence-corrected chi connectivity index (χ0v) is 10.6. The van der Waals surface area contributed by atoms with Crippen molar-refractivity contribution in [1.82, 2.24) is 4.98 Å². The van der Waals surface area contributed by atoms with Crippen LogP contribution in [0.2, 0.25) is 0 Å². The molecular weight excluding hydrogens is 230 g/mol. The number of pyridine rings is 1. The summed E-state index contributed by atoms with van der Waals surface area (Å²) in [6.07, 6.45) is 1.73. The van der Waals surface area contributed by atoms with Gasteiger partial charge in [0.2, 0.25) is 0 Å². The number of aromatic nitrogens is 1. The molecule has 2 rings (SSSR count). The lowest BCUT2D eigenvalue weighted by molar-refractivity contribution is 0.0603. The molecule has 0 aliphatic rings. The molecule has 94 valence electrons. The van der Waals surface area contributed by atoms with Gasteiger partial charge in [0.1, 0.15) is 11.3 Å². The number of ether oxygens (including phenoxy) is 2. The number of hydrogen-bond donors (Lipinski definition) is 0. The molecule has 18 heavy (non-hydrogen) atoms. The molecule has 1 aromatic heterocycles. The van der Waals surface area contributed by atoms with Gasteiger partial charge in [-0.05, 0) is 32.0 Å². The first-order valence-corrected chi connectivity index (χ1v) is 5.76. The lowest BCUT2D eigenvalue weighted by Crippen LogP contribution is -2.08. The van der Waals surface area contributed by atoms with Crippen LogP contribution in [0.4, 0.5) is 0 Å². The van der Waals surface area contributed by atoms with Crippen LogP contribution < -0.4 is 4.74 Å². The summed E-state index contributed by atoms with van der Waals surface area (Å²) in [4.78, 5) is 15.9. The predicted molar refractivity (Wildman–Crippen MR) is 68.8 cm³/mol. The van der Waals surface area contributed by atoms with Crippen molar-refractivity contribution in [3.63, 3.8) is 0 Å². The highest BCUT2D eigenvalue weighted by Gasteiger charge is 2.14. The molecule has 0 atom stereocenters. The van der Waals surface area contributed by atoms with E-state index in [1.165, 1.54) is 7.11 Å². The smallest absolute Gasteiger partial charge is 0.338 e. The van der Waals surface area contributed by atoms with Crippen LogP contribution >= 0.6 is 0 Å². The van der Waals surface area contributed by atoms with Crippen molar-refractivity contribution in [3.05, 3.63) is 36.0 Å². The first-order chi connectivity index (χ1) is 8.63. The highest BCUT2D eigenvalue weighted by molar-refractivity contribution is 6.05. The Bertz CT molecular complexity index is 578. The Labute approximate surface area is 106 Å². The van der Waals surface area contributed by atoms with Crippen molar-refractivity contribution in [2.45, 2.75) is 20.0 Å². The number of carbonyl (C=O) groups excluding carboxylic acids is 1. The Morgan fingerprint density at radius 2 is 2.06 bits per heavy atom. The van der Waals surface area contributed by atoms with Crippen LogP contribution in [0.1, 0.15) is 24.2 Å². The van der Waals surface area contributed by atoms with E-state index in [2.05, 4.69) is 4.98 Å². The van der Waals surface area contributed by atoms with Gasteiger partial charge in [-0.15, -0.1) is 0 Å². The van der Waals surface area contributed by atoms with Gasteiger partial charge in [-0.2, -0.15) is 0 Å². The number of rotatable bonds is 3. The summed E-state index contributed by atoms with van der Waals surface area (Å²) in [5.74, 6) is 0.303. The number of carbonyl (C=O) groups is 1. The molecule has 4 nitrogen and oxygen atoms in total. The average molecular weight is 245 g/mol. The van der Waals surface area contributed by atoms with Crippen LogP contribution in [-0.4, -0.2) is 24.2 Å². The van der Waals surface area contributed by atoms with Crippen LogP contribution in [0, 0.1) is 0 Å². The number of methoxy groups -OCH3 is 1. The molecule has 0 bridgehead atoms. The monoisotopic (exact) mass is 245 g/mol. The zero-order valence-electron chi connectivity index (χ0n) is 10.6. The quantitative estimate of drug-likeness (QED) is 0.780. The third kappa shape index (κ3) is 2.27. The predicted octanol–water partition coefficient (Wildman–Crippen LogP) is 2.81. The van der Waals surface area contributed by atoms with Crippen molar-refractivity contribution in [2.24, 2.45) is 0 Å². The Balaban J connectivity index is 2.62. The maximum Gasteiger partial charge on any atom is 0.338 e. The molecule has 2 aromatic rings. The molecule has 0 saturated carbocycles. The number of esters is 1. The lowest BCUT2D eigenvalue weighted by atomic mass is 10.1. The van der Waals surface area contributed by atoms with Crippen molar-refractivity contribution in [1.29, 1.82) is 0 Å². The fourth-order valence-corrected chi connectivity index (χ4v) is 1.78. The highest BCUT2D eigenvalue weighted by Crippen LogP contribution is 2.27. The summed E-state index contributed by atoms with van der Waals surface area (Å²) in [6.45, 7) is 3.89. The van der Waals surface area contributed by atoms with E-state index in [1.807, 2.05) is 19.9 Å². The van der Waals surface area contributed by atoms with E-state index < -0.39 is 0 Å². The minimum Gasteiger partial charge on any atom is -0.489 e. The summed E-state index contributed by atoms with van der Waals surface area (Å²) in [6, 6.07) is 7.07. The van der Waals surface area contributed by atoms with Crippen LogP contribution in [0.15, 0.2) is 30.5 Å². The van der Waals surface area contributed by atoms with Crippen molar-refractivity contribution in [3.8, 4) is 5.75 Å². The molecule has 1 aromatic carbocycles. The fourth-order valence-electron chi connectivity index (χ4n) is 1.78. The molecule has 0 N–H and O–H groups in total. The molecular formula is C14H15NO3. The van der Waals surface area contributed by atoms with Crippen LogP contribution in [0.5, 0.6) is 5.75 Å². The molecule has 0 fully saturated rings. The Hall–Kier alpha value is -2.10. The number of nitrogens with zero attached hydrogens (tertiary/aromatic N) is 1. The Kier molecular flexibility index (Phi) is 3.46. The Morgan fingerprint density at radius 1 is 1.28 bits per heavy atom. The highest BCUT2D eigenvalue weighted by atomic mass is 16.5. The van der Waals surface area contributed by atoms with Crippen LogP contribution in [0.25, 0.3) is 10.9 Å². The van der Waals surface area contributed by atoms with Crippen LogP contribution in [-0.2, 0) is 4.74 Å². The second kappa shape index (κ2) is 5.04. The molecule has 1 heterocycles. The average Bonchev–Trinajstić information content (AvgIpc) is 2.38. The van der Waals surface area contributed by atoms with Gasteiger partial charge in [0.15, 0.2) is 0 Å². The molecule has 0 spiro atoms. The van der Waals surface area contributed by atoms with Gasteiger partial charge in [0.25, 0.3) is 0 Å². The van der Waals surface area contributed by atoms with E-state index in [1.54, 1.807) is 24.4 Å². The van der Waals surface area contributed by atoms with Gasteiger partial charge >= 0.3 is 5.97 Å². The summed E-state index contributed by atoms with van der Waals surface area (Å²) < 4.78 is 10.4. The normalized spacial score (nSPS) is 10.7. The van der Waals surface area contributed by atoms with Gasteiger partial charge in [0, 0.05) is 11.6 Å². The van der Waals surface area contributed by atoms with E-state index in [9.17, 15) is 4.79 Å². The zero-order chi connectivity index (χ0) is 13.1. The topological polar surface area (TPSA) is 48.4 Å². The van der Waals surface area contributed by atoms with Gasteiger partial charge in [-0.1, -0.05) is 6.07 Å². The van der Waals surface area contributed by atoms with Crippen molar-refractivity contribution >= 4 is 16.9 Å². The molecule has 0 aliphatic heterocycles. The Morgan fingerprint density at radius 3 is 2.72 bits per heavy atom. The van der Waals surface area contributed by atoms with Crippen LogP contribution in [0.3, 0.4) is 0 Å². The molecule has 0 unspecified atom stereocenters. The fraction of sp³-hybridized carbons (Fsp3) is 0.286. The molecule has 4 heteroatoms. The van der Waals surface area contributed by atoms with E-state index in [-0.39, 0.29) is 12.1 Å². The summed E-state index contributed by atoms with van der Waals surface area (Å²) in [7, 11) is 1.36. The van der Waals surface area contributed by atoms with E-state index in [4.69, 9.17) is 9.47 Å². The van der Waals surface area contributed by atoms with Gasteiger partial charge in [-0.25, -0.2) is 4.79 Å². The summed E-state index contributed by atoms with van der Waals surface area (Å²) >= 11 is 0. The van der Waals surface area contributed by atoms with Gasteiger partial charge in [-0.3, -0.25) is 4.98 Å². The second-order valence-electron chi connectivity index (χ2n) is 4.17. The largest absolute Gasteiger partial charge is 0.489 e. The van der Waals surface area contributed by atoms with E-state index >= 15 is 0 Å². The maximum absolute atomic E-state index is 11.7. The molecule has 0 saturated heterocycles. The number of hydrogen-bond acceptors (Lipinski definition) is 4. The first-order valence-electron chi connectivity index (χ1n) is 5.76. The second-order valence-corrected chi connectivity index (χ2v) is 4.17. The third-order valence-corrected chi connectivity index (χ3v) is 2.50. The first kappa shape index (κ1) is 12.4. The SMILES string of the molecule is COC(=O)c1ccc(OC(C)C)c2ncccc12. The van der Waals surface area contributed by atoms with Crippen molar-refractivity contribution in [2.75, 3.05) is 7.11 Å². The minimum absolute atomic E-state index is 0.0548. The summed E-state index contributed by atoms with van der Waals surface area (Å²) in [5.41, 5.74) is 1.17. The maximum atomic E-state index is 11.7. The molecule has 0 aliphatic carbocycles. The molecule has 0 amide bonds.